The Labute approximate surface area is 245 Å². The number of nitrogens with zero attached hydrogens (tertiary/aromatic N) is 3. The van der Waals surface area contributed by atoms with Crippen molar-refractivity contribution in [2.75, 3.05) is 11.1 Å². The van der Waals surface area contributed by atoms with E-state index in [2.05, 4.69) is 26.0 Å². The van der Waals surface area contributed by atoms with Crippen molar-refractivity contribution in [3.05, 3.63) is 115 Å². The number of hydrogen-bond acceptors (Lipinski definition) is 10. The topological polar surface area (TPSA) is 241 Å². The maximum absolute atomic E-state index is 14.3. The molecule has 0 aliphatic rings. The summed E-state index contributed by atoms with van der Waals surface area (Å²) in [6, 6.07) is 10.7. The highest BCUT2D eigenvalue weighted by Gasteiger charge is 2.22. The summed E-state index contributed by atoms with van der Waals surface area (Å²) in [7, 11) is 0. The maximum atomic E-state index is 14.3. The molecule has 222 valence electrons. The van der Waals surface area contributed by atoms with Crippen molar-refractivity contribution in [2.24, 2.45) is 5.73 Å². The molecular formula is C28H21FN8O7. The predicted molar refractivity (Wildman–Crippen MR) is 153 cm³/mol. The van der Waals surface area contributed by atoms with Crippen LogP contribution in [0, 0.1) is 5.82 Å². The van der Waals surface area contributed by atoms with Gasteiger partial charge in [0.25, 0.3) is 28.6 Å². The minimum absolute atomic E-state index is 0.00271. The van der Waals surface area contributed by atoms with E-state index in [1.54, 1.807) is 0 Å². The number of anilines is 3. The second-order valence-corrected chi connectivity index (χ2v) is 9.44. The van der Waals surface area contributed by atoms with Gasteiger partial charge in [-0.1, -0.05) is 18.2 Å². The molecule has 0 spiro atoms. The summed E-state index contributed by atoms with van der Waals surface area (Å²) in [6.07, 6.45) is 1.10. The molecule has 5 aromatic rings. The highest BCUT2D eigenvalue weighted by molar-refractivity contribution is 6.02. The lowest BCUT2D eigenvalue weighted by atomic mass is 10.1. The van der Waals surface area contributed by atoms with Crippen molar-refractivity contribution in [3.63, 3.8) is 0 Å². The first-order chi connectivity index (χ1) is 20.9. The third-order valence-electron chi connectivity index (χ3n) is 6.55. The summed E-state index contributed by atoms with van der Waals surface area (Å²) in [6.45, 7) is -0.158. The molecule has 44 heavy (non-hydrogen) atoms. The van der Waals surface area contributed by atoms with E-state index in [-0.39, 0.29) is 58.3 Å². The lowest BCUT2D eigenvalue weighted by Gasteiger charge is -2.13. The molecule has 0 aliphatic carbocycles. The Morgan fingerprint density at radius 3 is 2.23 bits per heavy atom. The zero-order valence-electron chi connectivity index (χ0n) is 22.4. The minimum atomic E-state index is -1.10. The number of aromatic nitrogens is 3. The summed E-state index contributed by atoms with van der Waals surface area (Å²) in [5, 5.41) is 20.8. The van der Waals surface area contributed by atoms with Gasteiger partial charge >= 0.3 is 5.97 Å². The molecule has 8 N–H and O–H groups in total. The number of carboxylic acids is 1. The molecule has 2 heterocycles. The quantitative estimate of drug-likeness (QED) is 0.120. The number of nitrogens with two attached hydrogens (primary N) is 2. The summed E-state index contributed by atoms with van der Waals surface area (Å²) >= 11 is 0. The van der Waals surface area contributed by atoms with E-state index in [1.807, 2.05) is 0 Å². The van der Waals surface area contributed by atoms with Crippen LogP contribution in [0.4, 0.5) is 21.5 Å². The largest absolute Gasteiger partial charge is 0.478 e. The third-order valence-corrected chi connectivity index (χ3v) is 6.55. The number of benzene rings is 2. The van der Waals surface area contributed by atoms with Crippen molar-refractivity contribution < 1.29 is 28.7 Å². The summed E-state index contributed by atoms with van der Waals surface area (Å²) in [5.41, 5.74) is 8.76. The van der Waals surface area contributed by atoms with Gasteiger partial charge in [-0.2, -0.15) is 5.10 Å². The molecule has 2 aromatic heterocycles. The maximum Gasteiger partial charge on any atom is 0.335 e. The van der Waals surface area contributed by atoms with Gasteiger partial charge in [0.05, 0.1) is 17.4 Å². The van der Waals surface area contributed by atoms with Crippen LogP contribution in [0.3, 0.4) is 0 Å². The highest BCUT2D eigenvalue weighted by Crippen LogP contribution is 2.23. The SMILES string of the molecule is NC(=O)c1cnn2c(C(=O)NCc3ccc(C(=O)O)cc3)cc(C(=O)NCc3ccc(F)c(Nc4c(N)c(=O)c4=O)c3)nc12. The molecular weight excluding hydrogens is 579 g/mol. The van der Waals surface area contributed by atoms with Gasteiger partial charge in [-0.25, -0.2) is 18.7 Å². The molecule has 0 atom stereocenters. The summed E-state index contributed by atoms with van der Waals surface area (Å²) in [4.78, 5) is 76.5. The molecule has 16 heteroatoms. The summed E-state index contributed by atoms with van der Waals surface area (Å²) < 4.78 is 15.4. The number of fused-ring (bicyclic) bond motifs is 1. The molecule has 3 aromatic carbocycles. The van der Waals surface area contributed by atoms with E-state index in [4.69, 9.17) is 16.6 Å². The number of halogens is 1. The third kappa shape index (κ3) is 5.54. The second kappa shape index (κ2) is 11.4. The minimum Gasteiger partial charge on any atom is -0.478 e. The van der Waals surface area contributed by atoms with Crippen molar-refractivity contribution in [1.29, 1.82) is 0 Å². The van der Waals surface area contributed by atoms with Crippen molar-refractivity contribution in [3.8, 4) is 0 Å². The van der Waals surface area contributed by atoms with Crippen LogP contribution >= 0.6 is 0 Å². The van der Waals surface area contributed by atoms with Gasteiger partial charge in [0.2, 0.25) is 0 Å². The lowest BCUT2D eigenvalue weighted by molar-refractivity contribution is 0.0696. The van der Waals surface area contributed by atoms with Crippen LogP contribution in [-0.2, 0) is 13.1 Å². The molecule has 0 saturated heterocycles. The molecule has 3 amide bonds. The second-order valence-electron chi connectivity index (χ2n) is 9.44. The van der Waals surface area contributed by atoms with Gasteiger partial charge < -0.3 is 32.5 Å². The fraction of sp³-hybridized carbons (Fsp3) is 0.0714. The van der Waals surface area contributed by atoms with Crippen LogP contribution in [0.2, 0.25) is 0 Å². The molecule has 0 aliphatic heterocycles. The van der Waals surface area contributed by atoms with Gasteiger partial charge in [0.15, 0.2) is 5.65 Å². The predicted octanol–water partition coefficient (Wildman–Crippen LogP) is 0.447. The number of primary amides is 1. The number of amides is 3. The van der Waals surface area contributed by atoms with Gasteiger partial charge in [0.1, 0.15) is 34.1 Å². The van der Waals surface area contributed by atoms with Crippen LogP contribution < -0.4 is 38.3 Å². The van der Waals surface area contributed by atoms with Gasteiger partial charge in [0, 0.05) is 19.2 Å². The van der Waals surface area contributed by atoms with E-state index >= 15 is 0 Å². The first-order valence-corrected chi connectivity index (χ1v) is 12.7. The molecule has 0 saturated carbocycles. The van der Waals surface area contributed by atoms with Crippen molar-refractivity contribution >= 4 is 46.4 Å². The highest BCUT2D eigenvalue weighted by atomic mass is 19.1. The van der Waals surface area contributed by atoms with Crippen molar-refractivity contribution in [2.45, 2.75) is 13.1 Å². The molecule has 0 bridgehead atoms. The van der Waals surface area contributed by atoms with Crippen LogP contribution in [0.5, 0.6) is 0 Å². The van der Waals surface area contributed by atoms with Gasteiger partial charge in [-0.3, -0.25) is 24.0 Å². The number of carbonyl (C=O) groups is 4. The van der Waals surface area contributed by atoms with E-state index in [0.29, 0.717) is 11.1 Å². The summed E-state index contributed by atoms with van der Waals surface area (Å²) in [5.74, 6) is -4.21. The van der Waals surface area contributed by atoms with Gasteiger partial charge in [-0.05, 0) is 35.4 Å². The van der Waals surface area contributed by atoms with E-state index in [1.165, 1.54) is 36.4 Å². The standard InChI is InChI=1S/C28H21FN8O7/c29-16-6-3-13(7-17(16)35-21-20(30)22(38)23(21)39)10-32-26(41)18-8-19(37-25(36-18)15(11-34-37)24(31)40)27(42)33-9-12-1-4-14(5-2-12)28(43)44/h1-8,11,35H,9-10,30H2,(H2,31,40)(H,32,41)(H,33,42)(H,43,44). The average molecular weight is 601 g/mol. The zero-order chi connectivity index (χ0) is 31.7. The Hall–Kier alpha value is -6.45. The molecule has 5 rings (SSSR count). The molecule has 0 radical (unpaired) electrons. The average Bonchev–Trinajstić information content (AvgIpc) is 3.46. The first-order valence-electron chi connectivity index (χ1n) is 12.7. The monoisotopic (exact) mass is 600 g/mol. The van der Waals surface area contributed by atoms with Crippen LogP contribution in [0.25, 0.3) is 5.65 Å². The molecule has 0 fully saturated rings. The Morgan fingerprint density at radius 1 is 0.909 bits per heavy atom. The van der Waals surface area contributed by atoms with Crippen LogP contribution in [0.1, 0.15) is 52.8 Å². The van der Waals surface area contributed by atoms with E-state index in [0.717, 1.165) is 22.8 Å². The fourth-order valence-corrected chi connectivity index (χ4v) is 4.17. The number of nitrogens with one attached hydrogen (secondary N) is 3. The number of rotatable bonds is 10. The van der Waals surface area contributed by atoms with E-state index in [9.17, 15) is 33.2 Å². The number of hydrogen-bond donors (Lipinski definition) is 6. The Bertz CT molecular complexity index is 2060. The number of aromatic carboxylic acids is 1. The normalized spacial score (nSPS) is 10.9. The van der Waals surface area contributed by atoms with E-state index < -0.39 is 40.4 Å². The Balaban J connectivity index is 1.36. The first kappa shape index (κ1) is 29.1. The lowest BCUT2D eigenvalue weighted by Crippen LogP contribution is -2.36. The zero-order valence-corrected chi connectivity index (χ0v) is 22.4. The van der Waals surface area contributed by atoms with Crippen LogP contribution in [-0.4, -0.2) is 43.4 Å². The molecule has 0 unspecified atom stereocenters. The Kier molecular flexibility index (Phi) is 7.55. The van der Waals surface area contributed by atoms with Crippen LogP contribution in [0.15, 0.2) is 64.3 Å². The fourth-order valence-electron chi connectivity index (χ4n) is 4.17. The van der Waals surface area contributed by atoms with Gasteiger partial charge in [-0.15, -0.1) is 0 Å². The number of carbonyl (C=O) groups excluding carboxylic acids is 3. The Morgan fingerprint density at radius 2 is 1.57 bits per heavy atom. The number of carboxylic acid groups (broad SMARTS) is 1. The number of nitrogen functional groups attached to an aromatic ring is 1. The molecule has 15 nitrogen and oxygen atoms in total. The smallest absolute Gasteiger partial charge is 0.335 e. The van der Waals surface area contributed by atoms with Crippen molar-refractivity contribution in [1.82, 2.24) is 25.2 Å².